The number of sulfone groups is 1. The lowest BCUT2D eigenvalue weighted by molar-refractivity contribution is 0.414. The molecule has 0 unspecified atom stereocenters. The summed E-state index contributed by atoms with van der Waals surface area (Å²) in [4.78, 5) is 13.0. The van der Waals surface area contributed by atoms with Crippen LogP contribution in [0.5, 0.6) is 5.75 Å². The highest BCUT2D eigenvalue weighted by Gasteiger charge is 2.19. The molecule has 4 rings (SSSR count). The van der Waals surface area contributed by atoms with Crippen LogP contribution in [0.3, 0.4) is 0 Å². The molecule has 0 fully saturated rings. The van der Waals surface area contributed by atoms with Gasteiger partial charge in [0.1, 0.15) is 5.75 Å². The minimum absolute atomic E-state index is 0.108. The summed E-state index contributed by atoms with van der Waals surface area (Å²) in [5.74, 6) is 0.575. The van der Waals surface area contributed by atoms with E-state index in [2.05, 4.69) is 5.10 Å². The molecule has 3 aromatic carbocycles. The SMILES string of the molecule is COc1ccc(S(=O)(=O)c2ccc3c(=O)n(Cc4ccccc4)ncc3c2)cc1. The van der Waals surface area contributed by atoms with Crippen LogP contribution in [-0.2, 0) is 16.4 Å². The molecule has 0 aliphatic heterocycles. The second-order valence-corrected chi connectivity index (χ2v) is 8.47. The quantitative estimate of drug-likeness (QED) is 0.508. The zero-order valence-corrected chi connectivity index (χ0v) is 16.5. The highest BCUT2D eigenvalue weighted by Crippen LogP contribution is 2.25. The molecule has 0 saturated heterocycles. The molecule has 0 amide bonds. The summed E-state index contributed by atoms with van der Waals surface area (Å²) in [7, 11) is -2.20. The van der Waals surface area contributed by atoms with Crippen LogP contribution in [0.25, 0.3) is 10.8 Å². The predicted octanol–water partition coefficient (Wildman–Crippen LogP) is 3.29. The van der Waals surface area contributed by atoms with Gasteiger partial charge in [-0.05, 0) is 48.0 Å². The third kappa shape index (κ3) is 3.64. The van der Waals surface area contributed by atoms with Crippen molar-refractivity contribution in [2.75, 3.05) is 7.11 Å². The molecule has 0 N–H and O–H groups in total. The standard InChI is InChI=1S/C22H18N2O4S/c1-28-18-7-9-19(10-8-18)29(26,27)20-11-12-21-17(13-20)14-23-24(22(21)25)15-16-5-3-2-4-6-16/h2-14H,15H2,1H3. The first kappa shape index (κ1) is 18.9. The Labute approximate surface area is 167 Å². The van der Waals surface area contributed by atoms with Gasteiger partial charge in [0.05, 0.1) is 35.0 Å². The Kier molecular flexibility index (Phi) is 4.90. The monoisotopic (exact) mass is 406 g/mol. The molecule has 0 radical (unpaired) electrons. The Hall–Kier alpha value is -3.45. The van der Waals surface area contributed by atoms with E-state index in [1.165, 1.54) is 48.3 Å². The Morgan fingerprint density at radius 1 is 0.931 bits per heavy atom. The summed E-state index contributed by atoms with van der Waals surface area (Å²) in [6.07, 6.45) is 1.52. The van der Waals surface area contributed by atoms with E-state index in [4.69, 9.17) is 4.74 Å². The molecule has 0 atom stereocenters. The number of methoxy groups -OCH3 is 1. The maximum atomic E-state index is 12.9. The molecule has 1 heterocycles. The number of fused-ring (bicyclic) bond motifs is 1. The fourth-order valence-electron chi connectivity index (χ4n) is 3.09. The second kappa shape index (κ2) is 7.52. The number of hydrogen-bond acceptors (Lipinski definition) is 5. The van der Waals surface area contributed by atoms with Gasteiger partial charge < -0.3 is 4.74 Å². The van der Waals surface area contributed by atoms with Gasteiger partial charge in [0.2, 0.25) is 9.84 Å². The minimum Gasteiger partial charge on any atom is -0.497 e. The number of hydrogen-bond donors (Lipinski definition) is 0. The highest BCUT2D eigenvalue weighted by atomic mass is 32.2. The number of benzene rings is 3. The molecule has 6 nitrogen and oxygen atoms in total. The second-order valence-electron chi connectivity index (χ2n) is 6.52. The van der Waals surface area contributed by atoms with Gasteiger partial charge in [-0.3, -0.25) is 4.79 Å². The summed E-state index contributed by atoms with van der Waals surface area (Å²) < 4.78 is 32.3. The van der Waals surface area contributed by atoms with Crippen molar-refractivity contribution in [3.63, 3.8) is 0 Å². The summed E-state index contributed by atoms with van der Waals surface area (Å²) in [6, 6.07) is 20.2. The molecule has 146 valence electrons. The smallest absolute Gasteiger partial charge is 0.274 e. The van der Waals surface area contributed by atoms with Crippen molar-refractivity contribution in [2.45, 2.75) is 16.3 Å². The van der Waals surface area contributed by atoms with E-state index >= 15 is 0 Å². The van der Waals surface area contributed by atoms with E-state index in [0.29, 0.717) is 23.1 Å². The fourth-order valence-corrected chi connectivity index (χ4v) is 4.39. The predicted molar refractivity (Wildman–Crippen MR) is 110 cm³/mol. The van der Waals surface area contributed by atoms with Gasteiger partial charge in [0.25, 0.3) is 5.56 Å². The molecule has 1 aromatic heterocycles. The van der Waals surface area contributed by atoms with Crippen molar-refractivity contribution < 1.29 is 13.2 Å². The largest absolute Gasteiger partial charge is 0.497 e. The average molecular weight is 406 g/mol. The third-order valence-electron chi connectivity index (χ3n) is 4.68. The van der Waals surface area contributed by atoms with Gasteiger partial charge in [-0.25, -0.2) is 13.1 Å². The Bertz CT molecular complexity index is 1330. The van der Waals surface area contributed by atoms with Crippen molar-refractivity contribution in [3.8, 4) is 5.75 Å². The number of ether oxygens (including phenoxy) is 1. The molecule has 4 aromatic rings. The van der Waals surface area contributed by atoms with Gasteiger partial charge in [-0.1, -0.05) is 30.3 Å². The van der Waals surface area contributed by atoms with Crippen LogP contribution in [0.1, 0.15) is 5.56 Å². The normalized spacial score (nSPS) is 11.5. The van der Waals surface area contributed by atoms with Crippen molar-refractivity contribution in [3.05, 3.63) is 94.9 Å². The molecule has 7 heteroatoms. The summed E-state index contributed by atoms with van der Waals surface area (Å²) in [6.45, 7) is 0.349. The van der Waals surface area contributed by atoms with E-state index < -0.39 is 9.84 Å². The Balaban J connectivity index is 1.73. The lowest BCUT2D eigenvalue weighted by Crippen LogP contribution is -2.23. The Morgan fingerprint density at radius 3 is 2.31 bits per heavy atom. The maximum absolute atomic E-state index is 12.9. The van der Waals surface area contributed by atoms with Crippen LogP contribution >= 0.6 is 0 Å². The number of rotatable bonds is 5. The van der Waals surface area contributed by atoms with Crippen LogP contribution < -0.4 is 10.3 Å². The van der Waals surface area contributed by atoms with Crippen molar-refractivity contribution >= 4 is 20.6 Å². The van der Waals surface area contributed by atoms with Crippen molar-refractivity contribution in [1.29, 1.82) is 0 Å². The van der Waals surface area contributed by atoms with Gasteiger partial charge in [0, 0.05) is 5.39 Å². The summed E-state index contributed by atoms with van der Waals surface area (Å²) in [5.41, 5.74) is 0.694. The molecule has 0 saturated carbocycles. The summed E-state index contributed by atoms with van der Waals surface area (Å²) >= 11 is 0. The average Bonchev–Trinajstić information content (AvgIpc) is 2.76. The van der Waals surface area contributed by atoms with E-state index in [1.54, 1.807) is 12.1 Å². The molecule has 0 aliphatic carbocycles. The van der Waals surface area contributed by atoms with Crippen LogP contribution in [0.15, 0.2) is 93.6 Å². The summed E-state index contributed by atoms with van der Waals surface area (Å²) in [5, 5.41) is 5.11. The first-order valence-electron chi connectivity index (χ1n) is 8.92. The maximum Gasteiger partial charge on any atom is 0.274 e. The molecule has 29 heavy (non-hydrogen) atoms. The zero-order valence-electron chi connectivity index (χ0n) is 15.6. The van der Waals surface area contributed by atoms with Crippen molar-refractivity contribution in [1.82, 2.24) is 9.78 Å². The first-order valence-corrected chi connectivity index (χ1v) is 10.4. The molecule has 0 aliphatic rings. The third-order valence-corrected chi connectivity index (χ3v) is 6.45. The number of nitrogens with zero attached hydrogens (tertiary/aromatic N) is 2. The highest BCUT2D eigenvalue weighted by molar-refractivity contribution is 7.91. The van der Waals surface area contributed by atoms with Gasteiger partial charge in [0.15, 0.2) is 0 Å². The van der Waals surface area contributed by atoms with E-state index in [1.807, 2.05) is 30.3 Å². The minimum atomic E-state index is -3.72. The first-order chi connectivity index (χ1) is 14.0. The van der Waals surface area contributed by atoms with Gasteiger partial charge >= 0.3 is 0 Å². The van der Waals surface area contributed by atoms with Crippen LogP contribution in [0.4, 0.5) is 0 Å². The van der Waals surface area contributed by atoms with E-state index in [-0.39, 0.29) is 15.4 Å². The number of aromatic nitrogens is 2. The lowest BCUT2D eigenvalue weighted by atomic mass is 10.2. The van der Waals surface area contributed by atoms with Crippen molar-refractivity contribution in [2.24, 2.45) is 0 Å². The van der Waals surface area contributed by atoms with Crippen LogP contribution in [-0.4, -0.2) is 25.3 Å². The molecular weight excluding hydrogens is 388 g/mol. The molecular formula is C22H18N2O4S. The van der Waals surface area contributed by atoms with E-state index in [0.717, 1.165) is 5.56 Å². The Morgan fingerprint density at radius 2 is 1.62 bits per heavy atom. The molecule has 0 spiro atoms. The van der Waals surface area contributed by atoms with Crippen LogP contribution in [0.2, 0.25) is 0 Å². The fraction of sp³-hybridized carbons (Fsp3) is 0.0909. The lowest BCUT2D eigenvalue weighted by Gasteiger charge is -2.09. The van der Waals surface area contributed by atoms with E-state index in [9.17, 15) is 13.2 Å². The van der Waals surface area contributed by atoms with Gasteiger partial charge in [-0.15, -0.1) is 0 Å². The van der Waals surface area contributed by atoms with Gasteiger partial charge in [-0.2, -0.15) is 5.10 Å². The zero-order chi connectivity index (χ0) is 20.4. The molecule has 0 bridgehead atoms. The topological polar surface area (TPSA) is 78.3 Å². The van der Waals surface area contributed by atoms with Crippen LogP contribution in [0, 0.1) is 0 Å².